The van der Waals surface area contributed by atoms with Crippen molar-refractivity contribution in [2.75, 3.05) is 0 Å². The van der Waals surface area contributed by atoms with Crippen molar-refractivity contribution in [3.05, 3.63) is 6.42 Å². The first-order valence-corrected chi connectivity index (χ1v) is 7.12. The maximum Gasteiger partial charge on any atom is 0.303 e. The number of carboxylic acids is 3. The molecule has 0 aliphatic heterocycles. The van der Waals surface area contributed by atoms with E-state index in [1.807, 2.05) is 41.0 Å². The Kier molecular flexibility index (Phi) is 48.1. The Balaban J connectivity index is -0.0000000591. The summed E-state index contributed by atoms with van der Waals surface area (Å²) < 4.78 is 0. The van der Waals surface area contributed by atoms with Crippen LogP contribution in [0.1, 0.15) is 73.1 Å². The molecular weight excluding hydrogens is 324 g/mol. The number of carboxylic acid groups (broad SMARTS) is 3. The molecule has 6 nitrogen and oxygen atoms in total. The number of hydrogen-bond acceptors (Lipinski definition) is 3. The van der Waals surface area contributed by atoms with Crippen molar-refractivity contribution in [3.8, 4) is 0 Å². The van der Waals surface area contributed by atoms with Crippen LogP contribution in [-0.2, 0) is 36.1 Å². The molecule has 132 valence electrons. The Labute approximate surface area is 149 Å². The molecule has 7 heteroatoms. The van der Waals surface area contributed by atoms with E-state index in [4.69, 9.17) is 15.3 Å². The van der Waals surface area contributed by atoms with Crippen LogP contribution in [0.2, 0.25) is 0 Å². The van der Waals surface area contributed by atoms with Gasteiger partial charge in [0, 0.05) is 41.0 Å². The molecule has 0 amide bonds. The van der Waals surface area contributed by atoms with E-state index in [9.17, 15) is 14.4 Å². The summed E-state index contributed by atoms with van der Waals surface area (Å²) in [5, 5.41) is 23.7. The normalized spacial score (nSPS) is 7.50. The molecule has 0 bridgehead atoms. The minimum atomic E-state index is -0.711. The number of rotatable bonds is 6. The topological polar surface area (TPSA) is 112 Å². The van der Waals surface area contributed by atoms with Gasteiger partial charge in [-0.05, 0) is 19.3 Å². The molecular formula is C15H31O6Ti-. The van der Waals surface area contributed by atoms with Gasteiger partial charge in [0.05, 0.1) is 0 Å². The van der Waals surface area contributed by atoms with Crippen LogP contribution >= 0.6 is 0 Å². The second-order valence-corrected chi connectivity index (χ2v) is 4.01. The van der Waals surface area contributed by atoms with E-state index in [1.54, 1.807) is 0 Å². The zero-order valence-electron chi connectivity index (χ0n) is 14.4. The van der Waals surface area contributed by atoms with Crippen LogP contribution in [-0.4, -0.2) is 33.2 Å². The van der Waals surface area contributed by atoms with Gasteiger partial charge >= 0.3 is 17.9 Å². The number of aliphatic carboxylic acids is 3. The molecule has 22 heavy (non-hydrogen) atoms. The van der Waals surface area contributed by atoms with Crippen molar-refractivity contribution in [2.45, 2.75) is 73.1 Å². The van der Waals surface area contributed by atoms with E-state index < -0.39 is 17.9 Å². The fourth-order valence-corrected chi connectivity index (χ4v) is 0.642. The van der Waals surface area contributed by atoms with Crippen LogP contribution < -0.4 is 0 Å². The molecule has 0 aliphatic rings. The molecule has 0 saturated carbocycles. The average molecular weight is 355 g/mol. The quantitative estimate of drug-likeness (QED) is 0.493. The van der Waals surface area contributed by atoms with Gasteiger partial charge in [0.15, 0.2) is 0 Å². The molecule has 0 radical (unpaired) electrons. The first kappa shape index (κ1) is 32.9. The molecule has 0 aromatic carbocycles. The Morgan fingerprint density at radius 1 is 0.682 bits per heavy atom. The Hall–Kier alpha value is -0.876. The molecule has 3 N–H and O–H groups in total. The molecule has 0 aromatic rings. The summed E-state index contributed by atoms with van der Waals surface area (Å²) in [7, 11) is 0. The van der Waals surface area contributed by atoms with E-state index >= 15 is 0 Å². The van der Waals surface area contributed by atoms with Crippen molar-refractivity contribution in [2.24, 2.45) is 0 Å². The largest absolute Gasteiger partial charge is 0.481 e. The molecule has 0 fully saturated rings. The van der Waals surface area contributed by atoms with E-state index in [-0.39, 0.29) is 21.7 Å². The van der Waals surface area contributed by atoms with E-state index in [0.29, 0.717) is 19.3 Å². The third-order valence-electron chi connectivity index (χ3n) is 1.39. The van der Waals surface area contributed by atoms with Crippen molar-refractivity contribution in [3.63, 3.8) is 0 Å². The van der Waals surface area contributed by atoms with Gasteiger partial charge in [0.2, 0.25) is 0 Å². The van der Waals surface area contributed by atoms with Crippen LogP contribution in [0.15, 0.2) is 0 Å². The van der Waals surface area contributed by atoms with Crippen LogP contribution in [0.3, 0.4) is 0 Å². The van der Waals surface area contributed by atoms with Crippen LogP contribution in [0, 0.1) is 6.42 Å². The van der Waals surface area contributed by atoms with Gasteiger partial charge in [-0.3, -0.25) is 14.4 Å². The van der Waals surface area contributed by atoms with Crippen LogP contribution in [0.4, 0.5) is 0 Å². The third kappa shape index (κ3) is 95.2. The van der Waals surface area contributed by atoms with Gasteiger partial charge in [-0.25, -0.2) is 0 Å². The summed E-state index contributed by atoms with van der Waals surface area (Å²) in [6.45, 7) is 9.52. The van der Waals surface area contributed by atoms with E-state index in [0.717, 1.165) is 19.3 Å². The van der Waals surface area contributed by atoms with Gasteiger partial charge < -0.3 is 21.7 Å². The molecule has 0 spiro atoms. The summed E-state index contributed by atoms with van der Waals surface area (Å²) in [5.41, 5.74) is 0. The number of hydrogen-bond donors (Lipinski definition) is 3. The fraction of sp³-hybridized carbons (Fsp3) is 0.733. The van der Waals surface area contributed by atoms with Gasteiger partial charge in [0.25, 0.3) is 0 Å². The summed E-state index contributed by atoms with van der Waals surface area (Å²) >= 11 is 0. The Bertz CT molecular complexity index is 206. The van der Waals surface area contributed by atoms with Crippen molar-refractivity contribution in [1.29, 1.82) is 0 Å². The maximum atomic E-state index is 9.60. The predicted molar refractivity (Wildman–Crippen MR) is 83.3 cm³/mol. The van der Waals surface area contributed by atoms with E-state index in [1.165, 1.54) is 0 Å². The minimum absolute atomic E-state index is 0. The second-order valence-electron chi connectivity index (χ2n) is 4.01. The van der Waals surface area contributed by atoms with Crippen molar-refractivity contribution < 1.29 is 51.4 Å². The zero-order valence-corrected chi connectivity index (χ0v) is 15.9. The zero-order chi connectivity index (χ0) is 17.7. The first-order chi connectivity index (χ1) is 9.72. The smallest absolute Gasteiger partial charge is 0.303 e. The van der Waals surface area contributed by atoms with Gasteiger partial charge in [-0.15, -0.1) is 0 Å². The monoisotopic (exact) mass is 355 g/mol. The average Bonchev–Trinajstić information content (AvgIpc) is 2.30. The summed E-state index contributed by atoms with van der Waals surface area (Å²) in [6.07, 6.45) is 5.07. The van der Waals surface area contributed by atoms with Crippen molar-refractivity contribution in [1.82, 2.24) is 0 Å². The SMILES string of the molecule is CCCC(=O)O.CCCC(=O)O.CCCC(=O)O.C[CH-]C.[Ti]. The molecule has 0 heterocycles. The Morgan fingerprint density at radius 3 is 0.818 bits per heavy atom. The van der Waals surface area contributed by atoms with Gasteiger partial charge in [0.1, 0.15) is 0 Å². The molecule has 0 aromatic heterocycles. The molecule has 0 saturated heterocycles. The van der Waals surface area contributed by atoms with Crippen molar-refractivity contribution >= 4 is 17.9 Å². The van der Waals surface area contributed by atoms with Gasteiger partial charge in [-0.2, -0.15) is 13.8 Å². The molecule has 0 atom stereocenters. The number of carbonyl (C=O) groups is 3. The minimum Gasteiger partial charge on any atom is -0.481 e. The summed E-state index contributed by atoms with van der Waals surface area (Å²) in [4.78, 5) is 28.8. The molecule has 0 aliphatic carbocycles. The van der Waals surface area contributed by atoms with E-state index in [2.05, 4.69) is 0 Å². The maximum absolute atomic E-state index is 9.60. The third-order valence-corrected chi connectivity index (χ3v) is 1.39. The molecule has 0 unspecified atom stereocenters. The standard InChI is InChI=1S/3C4H8O2.C3H7.Ti/c3*1-2-3-4(5)6;1-3-2;/h3*2-3H2,1H3,(H,5,6);3H,1-2H3;/q;;;-1;. The summed E-state index contributed by atoms with van der Waals surface area (Å²) in [6, 6.07) is 0. The van der Waals surface area contributed by atoms with Crippen LogP contribution in [0.5, 0.6) is 0 Å². The Morgan fingerprint density at radius 2 is 0.818 bits per heavy atom. The summed E-state index contributed by atoms with van der Waals surface area (Å²) in [5.74, 6) is -2.13. The second kappa shape index (κ2) is 32.2. The van der Waals surface area contributed by atoms with Crippen LogP contribution in [0.25, 0.3) is 0 Å². The predicted octanol–water partition coefficient (Wildman–Crippen LogP) is 3.84. The molecule has 0 rings (SSSR count). The van der Waals surface area contributed by atoms with Gasteiger partial charge in [-0.1, -0.05) is 20.8 Å². The fourth-order valence-electron chi connectivity index (χ4n) is 0.642. The first-order valence-electron chi connectivity index (χ1n) is 7.12.